The van der Waals surface area contributed by atoms with Gasteiger partial charge >= 0.3 is 0 Å². The maximum absolute atomic E-state index is 12.2. The Hall–Kier alpha value is -3.19. The monoisotopic (exact) mass is 498 g/mol. The first-order valence-electron chi connectivity index (χ1n) is 13.6. The van der Waals surface area contributed by atoms with Gasteiger partial charge in [0, 0.05) is 49.8 Å². The summed E-state index contributed by atoms with van der Waals surface area (Å²) in [6.07, 6.45) is 6.19. The lowest BCUT2D eigenvalue weighted by Gasteiger charge is -2.20. The Morgan fingerprint density at radius 3 is 2.54 bits per heavy atom. The van der Waals surface area contributed by atoms with E-state index in [-0.39, 0.29) is 5.91 Å². The van der Waals surface area contributed by atoms with Gasteiger partial charge in [0.2, 0.25) is 5.91 Å². The number of nitrogens with one attached hydrogen (secondary N) is 1. The van der Waals surface area contributed by atoms with E-state index in [0.717, 1.165) is 18.7 Å². The number of nitrogens with zero attached hydrogens (tertiary/aromatic N) is 5. The molecule has 0 radical (unpaired) electrons. The lowest BCUT2D eigenvalue weighted by atomic mass is 9.90. The molecule has 1 saturated carbocycles. The first-order chi connectivity index (χ1) is 17.7. The summed E-state index contributed by atoms with van der Waals surface area (Å²) in [5, 5.41) is 5.77. The highest BCUT2D eigenvalue weighted by Crippen LogP contribution is 2.47. The zero-order valence-electron chi connectivity index (χ0n) is 22.9. The van der Waals surface area contributed by atoms with Gasteiger partial charge in [-0.05, 0) is 84.7 Å². The minimum absolute atomic E-state index is 0.208. The third kappa shape index (κ3) is 4.04. The summed E-state index contributed by atoms with van der Waals surface area (Å²) < 4.78 is 1.89. The van der Waals surface area contributed by atoms with Crippen LogP contribution < -0.4 is 0 Å². The topological polar surface area (TPSA) is 69.5 Å². The molecule has 1 amide bonds. The average Bonchev–Trinajstić information content (AvgIpc) is 3.61. The quantitative estimate of drug-likeness (QED) is 0.414. The molecular weight excluding hydrogens is 460 g/mol. The fourth-order valence-electron chi connectivity index (χ4n) is 6.88. The van der Waals surface area contributed by atoms with Crippen molar-refractivity contribution >= 4 is 22.5 Å². The largest absolute Gasteiger partial charge is 0.354 e. The first-order valence-corrected chi connectivity index (χ1v) is 13.6. The van der Waals surface area contributed by atoms with Crippen molar-refractivity contribution in [3.05, 3.63) is 53.0 Å². The van der Waals surface area contributed by atoms with Gasteiger partial charge in [-0.15, -0.1) is 0 Å². The van der Waals surface area contributed by atoms with Crippen LogP contribution in [-0.4, -0.2) is 69.0 Å². The molecule has 37 heavy (non-hydrogen) atoms. The number of carbonyl (C=O) groups is 1. The van der Waals surface area contributed by atoms with E-state index < -0.39 is 0 Å². The molecule has 6 rings (SSSR count). The van der Waals surface area contributed by atoms with E-state index in [4.69, 9.17) is 0 Å². The standard InChI is InChI=1S/C30H38N6O/c1-17(2)28-24-11-20(21-9-22-12-35(13-23(22)10-21)15-27(37)34(5)6)7-8-26(24)33-29(28)25-14-36-30(31-16-32-36)19(4)18(25)3/h7-8,11,14,16-17,21-23,33H,9-10,12-13,15H2,1-6H3. The van der Waals surface area contributed by atoms with Crippen LogP contribution in [0.4, 0.5) is 0 Å². The van der Waals surface area contributed by atoms with Crippen LogP contribution in [0, 0.1) is 25.7 Å². The molecular formula is C30H38N6O. The van der Waals surface area contributed by atoms with Crippen LogP contribution in [0.5, 0.6) is 0 Å². The van der Waals surface area contributed by atoms with Gasteiger partial charge in [0.1, 0.15) is 6.33 Å². The number of H-pyrrole nitrogens is 1. The van der Waals surface area contributed by atoms with Crippen LogP contribution in [0.3, 0.4) is 0 Å². The van der Waals surface area contributed by atoms with Crippen molar-refractivity contribution in [3.8, 4) is 11.3 Å². The molecule has 2 fully saturated rings. The van der Waals surface area contributed by atoms with Gasteiger partial charge < -0.3 is 9.88 Å². The molecule has 1 N–H and O–H groups in total. The summed E-state index contributed by atoms with van der Waals surface area (Å²) in [7, 11) is 3.69. The van der Waals surface area contributed by atoms with Gasteiger partial charge in [0.15, 0.2) is 5.65 Å². The number of carbonyl (C=O) groups excluding carboxylic acids is 1. The Bertz CT molecular complexity index is 1480. The second-order valence-electron chi connectivity index (χ2n) is 11.9. The highest BCUT2D eigenvalue weighted by molar-refractivity contribution is 5.92. The van der Waals surface area contributed by atoms with E-state index in [2.05, 4.69) is 72.1 Å². The molecule has 1 aliphatic carbocycles. The highest BCUT2D eigenvalue weighted by atomic mass is 16.2. The van der Waals surface area contributed by atoms with E-state index in [0.29, 0.717) is 30.2 Å². The van der Waals surface area contributed by atoms with E-state index in [9.17, 15) is 4.79 Å². The lowest BCUT2D eigenvalue weighted by molar-refractivity contribution is -0.129. The van der Waals surface area contributed by atoms with Gasteiger partial charge in [-0.2, -0.15) is 5.10 Å². The van der Waals surface area contributed by atoms with Crippen LogP contribution in [0.25, 0.3) is 27.8 Å². The van der Waals surface area contributed by atoms with Gasteiger partial charge in [-0.25, -0.2) is 9.50 Å². The van der Waals surface area contributed by atoms with Crippen LogP contribution in [0.1, 0.15) is 60.8 Å². The van der Waals surface area contributed by atoms with Gasteiger partial charge in [0.05, 0.1) is 12.2 Å². The average molecular weight is 499 g/mol. The van der Waals surface area contributed by atoms with Crippen molar-refractivity contribution in [2.45, 2.75) is 52.4 Å². The predicted molar refractivity (Wildman–Crippen MR) is 148 cm³/mol. The minimum Gasteiger partial charge on any atom is -0.354 e. The second-order valence-corrected chi connectivity index (χ2v) is 11.9. The number of aromatic nitrogens is 4. The number of benzene rings is 1. The third-order valence-electron chi connectivity index (χ3n) is 8.99. The van der Waals surface area contributed by atoms with Crippen LogP contribution in [0.2, 0.25) is 0 Å². The number of hydrogen-bond donors (Lipinski definition) is 1. The molecule has 1 aromatic carbocycles. The summed E-state index contributed by atoms with van der Waals surface area (Å²) >= 11 is 0. The normalized spacial score (nSPS) is 22.0. The fraction of sp³-hybridized carbons (Fsp3) is 0.500. The summed E-state index contributed by atoms with van der Waals surface area (Å²) in [4.78, 5) is 24.5. The summed E-state index contributed by atoms with van der Waals surface area (Å²) in [5.41, 5.74) is 9.77. The summed E-state index contributed by atoms with van der Waals surface area (Å²) in [6, 6.07) is 7.08. The highest BCUT2D eigenvalue weighted by Gasteiger charge is 2.41. The zero-order chi connectivity index (χ0) is 26.0. The summed E-state index contributed by atoms with van der Waals surface area (Å²) in [5.74, 6) is 2.58. The molecule has 7 nitrogen and oxygen atoms in total. The van der Waals surface area contributed by atoms with E-state index in [1.807, 2.05) is 18.6 Å². The van der Waals surface area contributed by atoms with E-state index in [1.165, 1.54) is 57.3 Å². The lowest BCUT2D eigenvalue weighted by Crippen LogP contribution is -2.35. The molecule has 1 aliphatic heterocycles. The third-order valence-corrected chi connectivity index (χ3v) is 8.99. The van der Waals surface area contributed by atoms with Crippen LogP contribution in [-0.2, 0) is 4.79 Å². The number of rotatable bonds is 5. The molecule has 2 atom stereocenters. The van der Waals surface area contributed by atoms with E-state index in [1.54, 1.807) is 11.2 Å². The smallest absolute Gasteiger partial charge is 0.236 e. The van der Waals surface area contributed by atoms with Crippen molar-refractivity contribution in [2.24, 2.45) is 11.8 Å². The first kappa shape index (κ1) is 24.2. The van der Waals surface area contributed by atoms with Crippen molar-refractivity contribution in [1.82, 2.24) is 29.4 Å². The van der Waals surface area contributed by atoms with Crippen LogP contribution >= 0.6 is 0 Å². The molecule has 1 saturated heterocycles. The molecule has 4 heterocycles. The second kappa shape index (κ2) is 8.98. The maximum atomic E-state index is 12.2. The number of amides is 1. The Kier molecular flexibility index (Phi) is 5.86. The number of aryl methyl sites for hydroxylation is 1. The Balaban J connectivity index is 1.31. The molecule has 0 bridgehead atoms. The maximum Gasteiger partial charge on any atom is 0.236 e. The Labute approximate surface area is 218 Å². The van der Waals surface area contributed by atoms with Gasteiger partial charge in [0.25, 0.3) is 0 Å². The number of hydrogen-bond acceptors (Lipinski definition) is 4. The van der Waals surface area contributed by atoms with Gasteiger partial charge in [-0.1, -0.05) is 19.9 Å². The number of likely N-dealkylation sites (tertiary alicyclic amines) is 1. The number of aromatic amines is 1. The molecule has 4 aromatic rings. The summed E-state index contributed by atoms with van der Waals surface area (Å²) in [6.45, 7) is 11.6. The molecule has 194 valence electrons. The molecule has 2 aliphatic rings. The van der Waals surface area contributed by atoms with Gasteiger partial charge in [-0.3, -0.25) is 9.69 Å². The van der Waals surface area contributed by atoms with E-state index >= 15 is 0 Å². The minimum atomic E-state index is 0.208. The van der Waals surface area contributed by atoms with Crippen molar-refractivity contribution in [1.29, 1.82) is 0 Å². The molecule has 0 spiro atoms. The zero-order valence-corrected chi connectivity index (χ0v) is 22.9. The number of likely N-dealkylation sites (N-methyl/N-ethyl adjacent to an activating group) is 1. The number of pyridine rings is 1. The molecule has 7 heteroatoms. The number of fused-ring (bicyclic) bond motifs is 3. The molecule has 3 aromatic heterocycles. The SMILES string of the molecule is Cc1c(-c2[nH]c3ccc(C4CC5CN(CC(=O)N(C)C)CC5C4)cc3c2C(C)C)cn2ncnc2c1C. The van der Waals surface area contributed by atoms with Crippen molar-refractivity contribution < 1.29 is 4.79 Å². The predicted octanol–water partition coefficient (Wildman–Crippen LogP) is 5.13. The van der Waals surface area contributed by atoms with Crippen LogP contribution in [0.15, 0.2) is 30.7 Å². The Morgan fingerprint density at radius 2 is 1.86 bits per heavy atom. The fourth-order valence-corrected chi connectivity index (χ4v) is 6.88. The van der Waals surface area contributed by atoms with Crippen molar-refractivity contribution in [3.63, 3.8) is 0 Å². The Morgan fingerprint density at radius 1 is 1.14 bits per heavy atom. The van der Waals surface area contributed by atoms with Crippen molar-refractivity contribution in [2.75, 3.05) is 33.7 Å². The molecule has 2 unspecified atom stereocenters.